The van der Waals surface area contributed by atoms with Gasteiger partial charge in [-0.15, -0.1) is 24.8 Å². The second-order valence-electron chi connectivity index (χ2n) is 19.0. The highest BCUT2D eigenvalue weighted by Gasteiger charge is 2.40. The first-order valence-corrected chi connectivity index (χ1v) is 24.6. The number of hydrogen-bond acceptors (Lipinski definition) is 8. The number of benzene rings is 3. The van der Waals surface area contributed by atoms with E-state index in [9.17, 15) is 28.8 Å². The van der Waals surface area contributed by atoms with Gasteiger partial charge < -0.3 is 36.4 Å². The van der Waals surface area contributed by atoms with Gasteiger partial charge in [0.15, 0.2) is 5.78 Å². The molecule has 0 unspecified atom stereocenters. The minimum absolute atomic E-state index is 0. The van der Waals surface area contributed by atoms with Gasteiger partial charge in [-0.25, -0.2) is 0 Å². The van der Waals surface area contributed by atoms with Crippen LogP contribution in [0, 0.1) is 0 Å². The third kappa shape index (κ3) is 13.3. The van der Waals surface area contributed by atoms with E-state index in [4.69, 9.17) is 0 Å². The zero-order chi connectivity index (χ0) is 46.7. The molecule has 15 heteroatoms. The van der Waals surface area contributed by atoms with Crippen molar-refractivity contribution in [2.75, 3.05) is 27.2 Å². The van der Waals surface area contributed by atoms with E-state index in [1.807, 2.05) is 42.5 Å². The number of fused-ring (bicyclic) bond motifs is 2. The molecular weight excluding hydrogens is 902 g/mol. The Balaban J connectivity index is 0.00000432. The van der Waals surface area contributed by atoms with Gasteiger partial charge in [-0.1, -0.05) is 72.8 Å². The van der Waals surface area contributed by atoms with E-state index in [0.29, 0.717) is 58.0 Å². The molecule has 0 saturated carbocycles. The molecule has 2 heterocycles. The number of aryl methyl sites for hydroxylation is 3. The Morgan fingerprint density at radius 1 is 0.618 bits per heavy atom. The van der Waals surface area contributed by atoms with Gasteiger partial charge in [0.1, 0.15) is 18.1 Å². The molecule has 13 nitrogen and oxygen atoms in total. The van der Waals surface area contributed by atoms with Crippen molar-refractivity contribution in [3.05, 3.63) is 106 Å². The Morgan fingerprint density at radius 3 is 1.79 bits per heavy atom. The van der Waals surface area contributed by atoms with Gasteiger partial charge in [-0.2, -0.15) is 0 Å². The van der Waals surface area contributed by atoms with Crippen LogP contribution in [0.25, 0.3) is 0 Å². The molecule has 370 valence electrons. The zero-order valence-electron chi connectivity index (χ0n) is 40.2. The van der Waals surface area contributed by atoms with Crippen LogP contribution in [0.15, 0.2) is 72.8 Å². The van der Waals surface area contributed by atoms with Crippen LogP contribution in [-0.2, 0) is 54.5 Å². The van der Waals surface area contributed by atoms with Crippen LogP contribution >= 0.6 is 24.8 Å². The van der Waals surface area contributed by atoms with E-state index in [1.165, 1.54) is 16.7 Å². The normalized spacial score (nSPS) is 21.4. The molecular formula is C53H73Cl2N7O6. The summed E-state index contributed by atoms with van der Waals surface area (Å²) in [7, 11) is 3.40. The highest BCUT2D eigenvalue weighted by molar-refractivity contribution is 5.95. The monoisotopic (exact) mass is 973 g/mol. The lowest BCUT2D eigenvalue weighted by Gasteiger charge is -2.32. The van der Waals surface area contributed by atoms with Gasteiger partial charge >= 0.3 is 0 Å². The Hall–Kier alpha value is -4.82. The molecule has 8 atom stereocenters. The summed E-state index contributed by atoms with van der Waals surface area (Å²) in [6.45, 7) is 4.42. The van der Waals surface area contributed by atoms with Gasteiger partial charge in [0.25, 0.3) is 0 Å². The molecule has 68 heavy (non-hydrogen) atoms. The van der Waals surface area contributed by atoms with E-state index in [2.05, 4.69) is 56.9 Å². The SMILES string of the molecule is CN[C@@H](C)C(=O)N[C@@H](Cc1ccc(CCC[C@H](NC(=O)[C@H](C)NC)C(=O)N2CCC[C@H]2C(=O)N[C@@H]2CCCc3ccccc32)cc1)C(=O)N1CCC[C@H]1C(=O)C[C@@H]1CCCc2ccccc21.Cl.Cl. The highest BCUT2D eigenvalue weighted by atomic mass is 35.5. The molecule has 3 aromatic carbocycles. The number of rotatable bonds is 19. The molecule has 0 bridgehead atoms. The highest BCUT2D eigenvalue weighted by Crippen LogP contribution is 2.36. The number of amides is 5. The van der Waals surface area contributed by atoms with Crippen LogP contribution in [0.4, 0.5) is 0 Å². The van der Waals surface area contributed by atoms with Crippen molar-refractivity contribution < 1.29 is 28.8 Å². The average molecular weight is 975 g/mol. The van der Waals surface area contributed by atoms with Crippen LogP contribution in [0.3, 0.4) is 0 Å². The molecule has 3 aromatic rings. The first-order chi connectivity index (χ1) is 31.9. The van der Waals surface area contributed by atoms with E-state index in [0.717, 1.165) is 61.6 Å². The Morgan fingerprint density at radius 2 is 1.15 bits per heavy atom. The van der Waals surface area contributed by atoms with Crippen molar-refractivity contribution in [1.82, 2.24) is 36.4 Å². The Bertz CT molecular complexity index is 2210. The van der Waals surface area contributed by atoms with Crippen molar-refractivity contribution in [2.24, 2.45) is 0 Å². The maximum absolute atomic E-state index is 14.4. The number of nitrogens with one attached hydrogen (secondary N) is 5. The molecule has 0 radical (unpaired) electrons. The molecule has 0 aromatic heterocycles. The molecule has 0 spiro atoms. The average Bonchev–Trinajstić information content (AvgIpc) is 4.05. The van der Waals surface area contributed by atoms with Crippen LogP contribution < -0.4 is 26.6 Å². The number of Topliss-reactive ketones (excluding diaryl/α,β-unsaturated/α-hetero) is 1. The first kappa shape index (κ1) is 54.1. The van der Waals surface area contributed by atoms with Crippen molar-refractivity contribution in [2.45, 2.75) is 158 Å². The summed E-state index contributed by atoms with van der Waals surface area (Å²) in [6.07, 6.45) is 10.8. The second kappa shape index (κ2) is 25.7. The predicted octanol–water partition coefficient (Wildman–Crippen LogP) is 5.84. The number of carbonyl (C=O) groups excluding carboxylic acids is 6. The number of nitrogens with zero attached hydrogens (tertiary/aromatic N) is 2. The molecule has 7 rings (SSSR count). The van der Waals surface area contributed by atoms with Crippen LogP contribution in [0.1, 0.15) is 130 Å². The Labute approximate surface area is 415 Å². The van der Waals surface area contributed by atoms with Crippen molar-refractivity contribution in [1.29, 1.82) is 0 Å². The fourth-order valence-electron chi connectivity index (χ4n) is 10.6. The third-order valence-corrected chi connectivity index (χ3v) is 14.7. The Kier molecular flexibility index (Phi) is 20.4. The van der Waals surface area contributed by atoms with E-state index in [-0.39, 0.29) is 78.5 Å². The number of halogens is 2. The molecule has 4 aliphatic rings. The molecule has 2 aliphatic carbocycles. The third-order valence-electron chi connectivity index (χ3n) is 14.7. The van der Waals surface area contributed by atoms with Gasteiger partial charge in [0, 0.05) is 25.9 Å². The number of carbonyl (C=O) groups is 6. The van der Waals surface area contributed by atoms with Gasteiger partial charge in [0.2, 0.25) is 29.5 Å². The standard InChI is InChI=1S/C53H71N7O6.2ClH/c1-34(54-3)49(62)57-44(52(65)60-31-13-25-47(60)51(64)56-43-22-11-18-39-16-6-8-21-42(39)43)23-9-14-36-26-28-37(29-27-36)32-45(58-50(63)35(2)55-4)53(66)59-30-12-24-46(59)48(61)33-40-19-10-17-38-15-5-7-20-41(38)40;;/h5-8,15-16,20-21,26-29,34-35,40,43-47,54-55H,9-14,17-19,22-25,30-33H2,1-4H3,(H,56,64)(H,57,62)(H,58,63);2*1H/t34-,35-,40-,43+,44-,45-,46-,47-;;/m0../s1. The lowest BCUT2D eigenvalue weighted by atomic mass is 9.79. The molecule has 2 aliphatic heterocycles. The summed E-state index contributed by atoms with van der Waals surface area (Å²) in [5, 5.41) is 15.2. The molecule has 2 saturated heterocycles. The lowest BCUT2D eigenvalue weighted by Crippen LogP contribution is -2.55. The fourth-order valence-corrected chi connectivity index (χ4v) is 10.6. The van der Waals surface area contributed by atoms with E-state index >= 15 is 0 Å². The first-order valence-electron chi connectivity index (χ1n) is 24.6. The van der Waals surface area contributed by atoms with Crippen molar-refractivity contribution in [3.63, 3.8) is 0 Å². The summed E-state index contributed by atoms with van der Waals surface area (Å²) in [6, 6.07) is 20.7. The summed E-state index contributed by atoms with van der Waals surface area (Å²) < 4.78 is 0. The smallest absolute Gasteiger partial charge is 0.246 e. The lowest BCUT2D eigenvalue weighted by molar-refractivity contribution is -0.142. The largest absolute Gasteiger partial charge is 0.347 e. The zero-order valence-corrected chi connectivity index (χ0v) is 41.9. The van der Waals surface area contributed by atoms with Crippen LogP contribution in [-0.4, -0.2) is 109 Å². The van der Waals surface area contributed by atoms with Crippen molar-refractivity contribution >= 4 is 60.1 Å². The quantitative estimate of drug-likeness (QED) is 0.100. The molecule has 5 amide bonds. The minimum Gasteiger partial charge on any atom is -0.347 e. The van der Waals surface area contributed by atoms with E-state index in [1.54, 1.807) is 37.7 Å². The van der Waals surface area contributed by atoms with Crippen molar-refractivity contribution in [3.8, 4) is 0 Å². The number of likely N-dealkylation sites (N-methyl/N-ethyl adjacent to an activating group) is 2. The summed E-state index contributed by atoms with van der Waals surface area (Å²) >= 11 is 0. The number of likely N-dealkylation sites (tertiary alicyclic amines) is 2. The maximum Gasteiger partial charge on any atom is 0.246 e. The molecule has 2 fully saturated rings. The maximum atomic E-state index is 14.4. The van der Waals surface area contributed by atoms with E-state index < -0.39 is 36.3 Å². The second-order valence-corrected chi connectivity index (χ2v) is 19.0. The summed E-state index contributed by atoms with van der Waals surface area (Å²) in [5.41, 5.74) is 6.85. The van der Waals surface area contributed by atoms with Gasteiger partial charge in [-0.05, 0) is 151 Å². The topological polar surface area (TPSA) is 169 Å². The predicted molar refractivity (Wildman–Crippen MR) is 270 cm³/mol. The van der Waals surface area contributed by atoms with Gasteiger partial charge in [-0.3, -0.25) is 28.8 Å². The summed E-state index contributed by atoms with van der Waals surface area (Å²) in [4.78, 5) is 86.3. The number of ketones is 1. The number of hydrogen-bond donors (Lipinski definition) is 5. The van der Waals surface area contributed by atoms with Crippen LogP contribution in [0.2, 0.25) is 0 Å². The van der Waals surface area contributed by atoms with Crippen LogP contribution in [0.5, 0.6) is 0 Å². The van der Waals surface area contributed by atoms with Gasteiger partial charge in [0.05, 0.1) is 24.2 Å². The minimum atomic E-state index is -0.853. The fraction of sp³-hybridized carbons (Fsp3) is 0.547. The summed E-state index contributed by atoms with van der Waals surface area (Å²) in [5.74, 6) is -0.950. The molecule has 5 N–H and O–H groups in total.